The largest absolute Gasteiger partial charge is 0.462 e. The standard InChI is InChI=1S/C27H43NO4Si/c1-8-31-25(29)23-18(2)22-20(28-24(23)19-10-14-30-15-11-19)16-27(12-9-13-27)17-21(22)32-33(6,7)26(3,4)5/h19,21H,8-17H2,1-7H3. The van der Waals surface area contributed by atoms with Crippen LogP contribution in [-0.4, -0.2) is 39.1 Å². The van der Waals surface area contributed by atoms with Crippen molar-refractivity contribution in [3.05, 3.63) is 28.1 Å². The predicted octanol–water partition coefficient (Wildman–Crippen LogP) is 6.64. The van der Waals surface area contributed by atoms with Crippen molar-refractivity contribution in [1.82, 2.24) is 4.98 Å². The van der Waals surface area contributed by atoms with E-state index in [2.05, 4.69) is 40.8 Å². The number of carbonyl (C=O) groups excluding carboxylic acids is 1. The van der Waals surface area contributed by atoms with Gasteiger partial charge in [-0.1, -0.05) is 27.2 Å². The van der Waals surface area contributed by atoms with Crippen molar-refractivity contribution in [2.24, 2.45) is 5.41 Å². The minimum atomic E-state index is -2.00. The van der Waals surface area contributed by atoms with Gasteiger partial charge in [0.15, 0.2) is 8.32 Å². The van der Waals surface area contributed by atoms with Crippen molar-refractivity contribution >= 4 is 14.3 Å². The number of hydrogen-bond donors (Lipinski definition) is 0. The lowest BCUT2D eigenvalue weighted by Gasteiger charge is -2.50. The quantitative estimate of drug-likeness (QED) is 0.354. The molecule has 4 rings (SSSR count). The van der Waals surface area contributed by atoms with Crippen LogP contribution in [0.25, 0.3) is 0 Å². The third kappa shape index (κ3) is 4.68. The van der Waals surface area contributed by atoms with E-state index in [1.807, 2.05) is 6.92 Å². The second-order valence-electron chi connectivity index (χ2n) is 12.1. The molecule has 1 aliphatic heterocycles. The first-order valence-corrected chi connectivity index (χ1v) is 15.8. The molecule has 1 saturated carbocycles. The molecule has 1 spiro atoms. The number of nitrogens with zero attached hydrogens (tertiary/aromatic N) is 1. The van der Waals surface area contributed by atoms with Gasteiger partial charge >= 0.3 is 5.97 Å². The van der Waals surface area contributed by atoms with E-state index in [9.17, 15) is 4.79 Å². The molecule has 0 aromatic carbocycles. The number of carbonyl (C=O) groups is 1. The first kappa shape index (κ1) is 24.9. The highest BCUT2D eigenvalue weighted by Gasteiger charge is 2.49. The van der Waals surface area contributed by atoms with Gasteiger partial charge < -0.3 is 13.9 Å². The molecule has 2 fully saturated rings. The molecular weight excluding hydrogens is 430 g/mol. The lowest BCUT2D eigenvalue weighted by atomic mass is 9.59. The van der Waals surface area contributed by atoms with Crippen LogP contribution in [0.1, 0.15) is 111 Å². The van der Waals surface area contributed by atoms with Gasteiger partial charge in [0.1, 0.15) is 0 Å². The Balaban J connectivity index is 1.84. The van der Waals surface area contributed by atoms with Gasteiger partial charge in [0, 0.05) is 30.4 Å². The predicted molar refractivity (Wildman–Crippen MR) is 133 cm³/mol. The van der Waals surface area contributed by atoms with Crippen molar-refractivity contribution in [1.29, 1.82) is 0 Å². The first-order chi connectivity index (χ1) is 15.5. The normalized spacial score (nSPS) is 23.2. The average Bonchev–Trinajstić information content (AvgIpc) is 2.71. The van der Waals surface area contributed by atoms with Gasteiger partial charge in [-0.2, -0.15) is 0 Å². The van der Waals surface area contributed by atoms with Crippen LogP contribution >= 0.6 is 0 Å². The van der Waals surface area contributed by atoms with Crippen molar-refractivity contribution < 1.29 is 18.7 Å². The molecule has 6 heteroatoms. The maximum Gasteiger partial charge on any atom is 0.340 e. The van der Waals surface area contributed by atoms with E-state index in [1.54, 1.807) is 0 Å². The topological polar surface area (TPSA) is 57.7 Å². The number of ether oxygens (including phenoxy) is 2. The number of pyridine rings is 1. The second kappa shape index (κ2) is 9.08. The van der Waals surface area contributed by atoms with Gasteiger partial charge in [0.2, 0.25) is 0 Å². The molecule has 1 aromatic heterocycles. The van der Waals surface area contributed by atoms with Crippen molar-refractivity contribution in [3.8, 4) is 0 Å². The summed E-state index contributed by atoms with van der Waals surface area (Å²) in [6, 6.07) is 0. The fraction of sp³-hybridized carbons (Fsp3) is 0.778. The smallest absolute Gasteiger partial charge is 0.340 e. The number of fused-ring (bicyclic) bond motifs is 1. The fourth-order valence-electron chi connectivity index (χ4n) is 5.71. The summed E-state index contributed by atoms with van der Waals surface area (Å²) in [7, 11) is -2.00. The molecule has 5 nitrogen and oxygen atoms in total. The van der Waals surface area contributed by atoms with Crippen LogP contribution in [0, 0.1) is 12.3 Å². The molecule has 0 radical (unpaired) electrons. The van der Waals surface area contributed by atoms with Gasteiger partial charge in [0.05, 0.1) is 24.0 Å². The van der Waals surface area contributed by atoms with E-state index in [-0.39, 0.29) is 23.0 Å². The molecule has 3 aliphatic rings. The summed E-state index contributed by atoms with van der Waals surface area (Å²) in [6.45, 7) is 17.4. The van der Waals surface area contributed by atoms with Crippen LogP contribution in [0.15, 0.2) is 0 Å². The van der Waals surface area contributed by atoms with E-state index < -0.39 is 8.32 Å². The zero-order valence-corrected chi connectivity index (χ0v) is 22.8. The summed E-state index contributed by atoms with van der Waals surface area (Å²) in [5.41, 5.74) is 5.34. The van der Waals surface area contributed by atoms with Gasteiger partial charge in [-0.15, -0.1) is 0 Å². The molecule has 184 valence electrons. The molecule has 2 aliphatic carbocycles. The van der Waals surface area contributed by atoms with Gasteiger partial charge in [-0.3, -0.25) is 4.98 Å². The summed E-state index contributed by atoms with van der Waals surface area (Å²) in [6.07, 6.45) is 7.72. The van der Waals surface area contributed by atoms with Crippen molar-refractivity contribution in [2.75, 3.05) is 19.8 Å². The molecule has 0 N–H and O–H groups in total. The summed E-state index contributed by atoms with van der Waals surface area (Å²) < 4.78 is 18.3. The summed E-state index contributed by atoms with van der Waals surface area (Å²) in [5.74, 6) is 0.0166. The highest BCUT2D eigenvalue weighted by molar-refractivity contribution is 6.74. The van der Waals surface area contributed by atoms with Crippen molar-refractivity contribution in [2.45, 2.75) is 110 Å². The van der Waals surface area contributed by atoms with E-state index in [0.29, 0.717) is 17.6 Å². The SMILES string of the molecule is CCOC(=O)c1c(C2CCOCC2)nc2c(c1C)C(O[Si](C)(C)C(C)(C)C)CC1(CCC1)C2. The van der Waals surface area contributed by atoms with E-state index in [0.717, 1.165) is 50.2 Å². The van der Waals surface area contributed by atoms with Crippen LogP contribution in [-0.2, 0) is 20.3 Å². The van der Waals surface area contributed by atoms with E-state index in [1.165, 1.54) is 30.5 Å². The molecule has 2 heterocycles. The molecule has 1 aromatic rings. The third-order valence-corrected chi connectivity index (χ3v) is 13.3. The van der Waals surface area contributed by atoms with Crippen LogP contribution in [0.3, 0.4) is 0 Å². The van der Waals surface area contributed by atoms with Crippen LogP contribution < -0.4 is 0 Å². The molecular formula is C27H43NO4Si. The minimum absolute atomic E-state index is 0.0133. The second-order valence-corrected chi connectivity index (χ2v) is 16.8. The van der Waals surface area contributed by atoms with E-state index >= 15 is 0 Å². The fourth-order valence-corrected chi connectivity index (χ4v) is 6.97. The summed E-state index contributed by atoms with van der Waals surface area (Å²) in [4.78, 5) is 18.5. The number of rotatable bonds is 5. The zero-order valence-electron chi connectivity index (χ0n) is 21.8. The Hall–Kier alpha value is -1.24. The number of aromatic nitrogens is 1. The lowest BCUT2D eigenvalue weighted by molar-refractivity contribution is 0.0291. The van der Waals surface area contributed by atoms with Gasteiger partial charge in [-0.05, 0) is 81.5 Å². The van der Waals surface area contributed by atoms with Crippen LogP contribution in [0.2, 0.25) is 18.1 Å². The van der Waals surface area contributed by atoms with Gasteiger partial charge in [0.25, 0.3) is 0 Å². The molecule has 1 unspecified atom stereocenters. The molecule has 1 saturated heterocycles. The van der Waals surface area contributed by atoms with Crippen LogP contribution in [0.4, 0.5) is 0 Å². The molecule has 33 heavy (non-hydrogen) atoms. The Labute approximate surface area is 201 Å². The van der Waals surface area contributed by atoms with Crippen LogP contribution in [0.5, 0.6) is 0 Å². The number of esters is 1. The highest BCUT2D eigenvalue weighted by Crippen LogP contribution is 2.56. The molecule has 0 amide bonds. The first-order valence-electron chi connectivity index (χ1n) is 12.9. The maximum atomic E-state index is 13.2. The minimum Gasteiger partial charge on any atom is -0.462 e. The number of hydrogen-bond acceptors (Lipinski definition) is 5. The monoisotopic (exact) mass is 473 g/mol. The Morgan fingerprint density at radius 1 is 1.21 bits per heavy atom. The highest BCUT2D eigenvalue weighted by atomic mass is 28.4. The van der Waals surface area contributed by atoms with Gasteiger partial charge in [-0.25, -0.2) is 4.79 Å². The third-order valence-electron chi connectivity index (χ3n) is 8.83. The summed E-state index contributed by atoms with van der Waals surface area (Å²) >= 11 is 0. The average molecular weight is 474 g/mol. The lowest BCUT2D eigenvalue weighted by Crippen LogP contribution is -2.46. The molecule has 0 bridgehead atoms. The Morgan fingerprint density at radius 3 is 2.42 bits per heavy atom. The maximum absolute atomic E-state index is 13.2. The Bertz CT molecular complexity index is 894. The van der Waals surface area contributed by atoms with Crippen molar-refractivity contribution in [3.63, 3.8) is 0 Å². The summed E-state index contributed by atoms with van der Waals surface area (Å²) in [5, 5.41) is 0.130. The van der Waals surface area contributed by atoms with E-state index in [4.69, 9.17) is 18.9 Å². The molecule has 1 atom stereocenters. The Morgan fingerprint density at radius 2 is 1.88 bits per heavy atom. The Kier molecular flexibility index (Phi) is 6.84. The zero-order chi connectivity index (χ0) is 24.0.